The second-order valence-electron chi connectivity index (χ2n) is 5.14. The molecule has 2 rings (SSSR count). The van der Waals surface area contributed by atoms with E-state index in [1.54, 1.807) is 0 Å². The van der Waals surface area contributed by atoms with Gasteiger partial charge in [0.15, 0.2) is 0 Å². The van der Waals surface area contributed by atoms with E-state index in [1.165, 1.54) is 4.90 Å². The quantitative estimate of drug-likeness (QED) is 0.824. The standard InChI is InChI=1S/C12H20F3N3O/c1-2-17-6-4-3-5-11(17)18-8-10(19)16-7-9(18)12(13,14)15/h9,11H,2-8H2,1H3,(H,16,19). The van der Waals surface area contributed by atoms with Crippen molar-refractivity contribution in [2.75, 3.05) is 26.2 Å². The predicted molar refractivity (Wildman–Crippen MR) is 64.4 cm³/mol. The SMILES string of the molecule is CCN1CCCCC1N1CC(=O)NCC1C(F)(F)F. The first-order chi connectivity index (χ1) is 8.93. The molecule has 0 saturated carbocycles. The molecular formula is C12H20F3N3O. The first kappa shape index (κ1) is 14.6. The van der Waals surface area contributed by atoms with Crippen molar-refractivity contribution in [3.63, 3.8) is 0 Å². The van der Waals surface area contributed by atoms with Gasteiger partial charge in [-0.2, -0.15) is 13.2 Å². The van der Waals surface area contributed by atoms with Gasteiger partial charge in [-0.1, -0.05) is 6.92 Å². The van der Waals surface area contributed by atoms with Gasteiger partial charge < -0.3 is 5.32 Å². The number of halogens is 3. The van der Waals surface area contributed by atoms with Crippen molar-refractivity contribution in [2.24, 2.45) is 0 Å². The van der Waals surface area contributed by atoms with Gasteiger partial charge in [0.05, 0.1) is 12.7 Å². The lowest BCUT2D eigenvalue weighted by Crippen LogP contribution is -2.66. The Labute approximate surface area is 110 Å². The van der Waals surface area contributed by atoms with Gasteiger partial charge in [0.25, 0.3) is 0 Å². The topological polar surface area (TPSA) is 35.6 Å². The third kappa shape index (κ3) is 3.20. The highest BCUT2D eigenvalue weighted by Crippen LogP contribution is 2.31. The van der Waals surface area contributed by atoms with Crippen LogP contribution in [-0.4, -0.2) is 60.3 Å². The Bertz CT molecular complexity index is 335. The molecule has 0 aliphatic carbocycles. The highest BCUT2D eigenvalue weighted by Gasteiger charge is 2.49. The van der Waals surface area contributed by atoms with Crippen LogP contribution in [0.5, 0.6) is 0 Å². The van der Waals surface area contributed by atoms with Crippen LogP contribution in [0.1, 0.15) is 26.2 Å². The second-order valence-corrected chi connectivity index (χ2v) is 5.14. The van der Waals surface area contributed by atoms with Gasteiger partial charge in [0, 0.05) is 6.54 Å². The highest BCUT2D eigenvalue weighted by atomic mass is 19.4. The van der Waals surface area contributed by atoms with E-state index in [1.807, 2.05) is 11.8 Å². The molecule has 7 heteroatoms. The van der Waals surface area contributed by atoms with Crippen LogP contribution in [0.25, 0.3) is 0 Å². The number of carbonyl (C=O) groups excluding carboxylic acids is 1. The highest BCUT2D eigenvalue weighted by molar-refractivity contribution is 5.79. The first-order valence-electron chi connectivity index (χ1n) is 6.76. The summed E-state index contributed by atoms with van der Waals surface area (Å²) in [4.78, 5) is 14.8. The largest absolute Gasteiger partial charge is 0.405 e. The number of carbonyl (C=O) groups is 1. The Morgan fingerprint density at radius 2 is 2.11 bits per heavy atom. The van der Waals surface area contributed by atoms with Gasteiger partial charge in [-0.15, -0.1) is 0 Å². The maximum absolute atomic E-state index is 13.1. The zero-order chi connectivity index (χ0) is 14.0. The summed E-state index contributed by atoms with van der Waals surface area (Å²) < 4.78 is 39.3. The van der Waals surface area contributed by atoms with Crippen LogP contribution >= 0.6 is 0 Å². The Morgan fingerprint density at radius 1 is 1.37 bits per heavy atom. The Kier molecular flexibility index (Phi) is 4.35. The van der Waals surface area contributed by atoms with E-state index in [4.69, 9.17) is 0 Å². The summed E-state index contributed by atoms with van der Waals surface area (Å²) in [6.07, 6.45) is -1.93. The van der Waals surface area contributed by atoms with Crippen LogP contribution in [0.2, 0.25) is 0 Å². The molecule has 0 aromatic carbocycles. The Hall–Kier alpha value is -0.820. The number of nitrogens with one attached hydrogen (secondary N) is 1. The molecule has 19 heavy (non-hydrogen) atoms. The van der Waals surface area contributed by atoms with Crippen molar-refractivity contribution < 1.29 is 18.0 Å². The maximum Gasteiger partial charge on any atom is 0.405 e. The number of piperidine rings is 1. The number of nitrogens with zero attached hydrogens (tertiary/aromatic N) is 2. The van der Waals surface area contributed by atoms with E-state index >= 15 is 0 Å². The smallest absolute Gasteiger partial charge is 0.353 e. The van der Waals surface area contributed by atoms with E-state index in [9.17, 15) is 18.0 Å². The predicted octanol–water partition coefficient (Wildman–Crippen LogP) is 1.18. The number of amides is 1. The second kappa shape index (κ2) is 5.66. The van der Waals surface area contributed by atoms with Gasteiger partial charge in [-0.05, 0) is 32.4 Å². The summed E-state index contributed by atoms with van der Waals surface area (Å²) in [5.41, 5.74) is 0. The number of rotatable bonds is 2. The van der Waals surface area contributed by atoms with Gasteiger partial charge in [0.2, 0.25) is 5.91 Å². The lowest BCUT2D eigenvalue weighted by Gasteiger charge is -2.47. The summed E-state index contributed by atoms with van der Waals surface area (Å²) in [6.45, 7) is 2.98. The number of alkyl halides is 3. The van der Waals surface area contributed by atoms with E-state index in [-0.39, 0.29) is 25.2 Å². The molecule has 2 aliphatic rings. The summed E-state index contributed by atoms with van der Waals surface area (Å²) in [5, 5.41) is 2.32. The van der Waals surface area contributed by atoms with E-state index in [0.29, 0.717) is 13.0 Å². The fourth-order valence-corrected chi connectivity index (χ4v) is 2.99. The number of hydrogen-bond donors (Lipinski definition) is 1. The molecule has 2 atom stereocenters. The summed E-state index contributed by atoms with van der Waals surface area (Å²) in [5.74, 6) is -0.317. The van der Waals surface area contributed by atoms with Crippen LogP contribution in [0.15, 0.2) is 0 Å². The molecule has 2 fully saturated rings. The van der Waals surface area contributed by atoms with E-state index < -0.39 is 12.2 Å². The van der Waals surface area contributed by atoms with Crippen molar-refractivity contribution in [1.29, 1.82) is 0 Å². The Balaban J connectivity index is 2.18. The molecule has 0 spiro atoms. The van der Waals surface area contributed by atoms with Crippen molar-refractivity contribution >= 4 is 5.91 Å². The number of hydrogen-bond acceptors (Lipinski definition) is 3. The number of piperazine rings is 1. The summed E-state index contributed by atoms with van der Waals surface area (Å²) >= 11 is 0. The van der Waals surface area contributed by atoms with Gasteiger partial charge in [-0.3, -0.25) is 14.6 Å². The molecule has 4 nitrogen and oxygen atoms in total. The van der Waals surface area contributed by atoms with Crippen LogP contribution < -0.4 is 5.32 Å². The minimum atomic E-state index is -4.30. The van der Waals surface area contributed by atoms with Gasteiger partial charge in [0.1, 0.15) is 6.04 Å². The molecule has 2 aliphatic heterocycles. The molecule has 1 N–H and O–H groups in total. The molecular weight excluding hydrogens is 259 g/mol. The third-order valence-corrected chi connectivity index (χ3v) is 3.97. The van der Waals surface area contributed by atoms with Crippen LogP contribution in [0, 0.1) is 0 Å². The lowest BCUT2D eigenvalue weighted by molar-refractivity contribution is -0.205. The molecule has 0 aromatic rings. The molecule has 0 aromatic heterocycles. The van der Waals surface area contributed by atoms with Crippen molar-refractivity contribution in [1.82, 2.24) is 15.1 Å². The molecule has 2 heterocycles. The fourth-order valence-electron chi connectivity index (χ4n) is 2.99. The number of likely N-dealkylation sites (tertiary alicyclic amines) is 1. The van der Waals surface area contributed by atoms with Crippen molar-refractivity contribution in [3.8, 4) is 0 Å². The normalized spacial score (nSPS) is 31.3. The van der Waals surface area contributed by atoms with Crippen molar-refractivity contribution in [3.05, 3.63) is 0 Å². The third-order valence-electron chi connectivity index (χ3n) is 3.97. The van der Waals surface area contributed by atoms with Crippen LogP contribution in [-0.2, 0) is 4.79 Å². The summed E-state index contributed by atoms with van der Waals surface area (Å²) in [6, 6.07) is -1.57. The zero-order valence-corrected chi connectivity index (χ0v) is 11.0. The average Bonchev–Trinajstić information content (AvgIpc) is 2.37. The first-order valence-corrected chi connectivity index (χ1v) is 6.76. The van der Waals surface area contributed by atoms with Crippen LogP contribution in [0.4, 0.5) is 13.2 Å². The molecule has 2 saturated heterocycles. The molecule has 110 valence electrons. The minimum Gasteiger partial charge on any atom is -0.353 e. The summed E-state index contributed by atoms with van der Waals surface area (Å²) in [7, 11) is 0. The minimum absolute atomic E-state index is 0.161. The Morgan fingerprint density at radius 3 is 2.74 bits per heavy atom. The monoisotopic (exact) mass is 279 g/mol. The lowest BCUT2D eigenvalue weighted by atomic mass is 10.0. The fraction of sp³-hybridized carbons (Fsp3) is 0.917. The average molecular weight is 279 g/mol. The molecule has 0 radical (unpaired) electrons. The molecule has 2 unspecified atom stereocenters. The van der Waals surface area contributed by atoms with Gasteiger partial charge >= 0.3 is 6.18 Å². The maximum atomic E-state index is 13.1. The zero-order valence-electron chi connectivity index (χ0n) is 11.0. The van der Waals surface area contributed by atoms with E-state index in [2.05, 4.69) is 5.32 Å². The van der Waals surface area contributed by atoms with E-state index in [0.717, 1.165) is 19.4 Å². The van der Waals surface area contributed by atoms with Crippen LogP contribution in [0.3, 0.4) is 0 Å². The molecule has 1 amide bonds. The van der Waals surface area contributed by atoms with Gasteiger partial charge in [-0.25, -0.2) is 0 Å². The van der Waals surface area contributed by atoms with Crippen molar-refractivity contribution in [2.45, 2.75) is 44.6 Å². The molecule has 0 bridgehead atoms.